The van der Waals surface area contributed by atoms with Gasteiger partial charge in [0.15, 0.2) is 0 Å². The monoisotopic (exact) mass is 113 g/mol. The molecule has 5 N–H and O–H groups in total. The van der Waals surface area contributed by atoms with E-state index in [1.165, 1.54) is 0 Å². The van der Waals surface area contributed by atoms with E-state index >= 15 is 0 Å². The molecule has 8 heavy (non-hydrogen) atoms. The molecule has 0 amide bonds. The summed E-state index contributed by atoms with van der Waals surface area (Å²) in [7, 11) is 0. The molecular weight excluding hydrogens is 106 g/mol. The van der Waals surface area contributed by atoms with Crippen LogP contribution in [0.3, 0.4) is 0 Å². The average Bonchev–Trinajstić information content (AvgIpc) is 2.12. The quantitative estimate of drug-likeness (QED) is 0.395. The van der Waals surface area contributed by atoms with Gasteiger partial charge in [0.25, 0.3) is 0 Å². The number of rotatable bonds is 1. The van der Waals surface area contributed by atoms with Gasteiger partial charge in [-0.25, -0.2) is 0 Å². The van der Waals surface area contributed by atoms with Gasteiger partial charge in [-0.3, -0.25) is 5.10 Å². The lowest BCUT2D eigenvalue weighted by atomic mass is 10.4. The van der Waals surface area contributed by atoms with Crippen molar-refractivity contribution in [3.63, 3.8) is 0 Å². The van der Waals surface area contributed by atoms with Crippen molar-refractivity contribution in [3.05, 3.63) is 11.9 Å². The molecule has 5 nitrogen and oxygen atoms in total. The van der Waals surface area contributed by atoms with E-state index in [-0.39, 0.29) is 0 Å². The van der Waals surface area contributed by atoms with Gasteiger partial charge < -0.3 is 11.5 Å². The zero-order chi connectivity index (χ0) is 5.98. The molecule has 44 valence electrons. The maximum absolute atomic E-state index is 5.21. The molecule has 5 heteroatoms. The van der Waals surface area contributed by atoms with Crippen LogP contribution >= 0.6 is 0 Å². The van der Waals surface area contributed by atoms with Crippen LogP contribution in [0.5, 0.6) is 0 Å². The van der Waals surface area contributed by atoms with Crippen molar-refractivity contribution in [2.24, 2.45) is 11.5 Å². The number of aromatic amines is 1. The molecule has 0 bridgehead atoms. The minimum absolute atomic E-state index is 0.520. The van der Waals surface area contributed by atoms with Crippen LogP contribution in [-0.2, 0) is 0 Å². The van der Waals surface area contributed by atoms with Gasteiger partial charge >= 0.3 is 0 Å². The summed E-state index contributed by atoms with van der Waals surface area (Å²) in [5.41, 5.74) is 11.0. The zero-order valence-electron chi connectivity index (χ0n) is 4.20. The Hall–Kier alpha value is -0.940. The summed E-state index contributed by atoms with van der Waals surface area (Å²) >= 11 is 0. The highest BCUT2D eigenvalue weighted by atomic mass is 15.3. The fraction of sp³-hybridized carbons (Fsp3) is 0.333. The van der Waals surface area contributed by atoms with Gasteiger partial charge in [-0.05, 0) is 0 Å². The standard InChI is InChI=1S/C3H7N5/c4-3(5)2-1-6-8-7-2/h1,3H,4-5H2,(H,6,7,8). The third-order valence-electron chi connectivity index (χ3n) is 0.777. The maximum atomic E-state index is 5.21. The Morgan fingerprint density at radius 2 is 2.38 bits per heavy atom. The fourth-order valence-electron chi connectivity index (χ4n) is 0.373. The van der Waals surface area contributed by atoms with E-state index in [0.717, 1.165) is 0 Å². The summed E-state index contributed by atoms with van der Waals surface area (Å²) in [6.45, 7) is 0. The second-order valence-electron chi connectivity index (χ2n) is 1.42. The third-order valence-corrected chi connectivity index (χ3v) is 0.777. The van der Waals surface area contributed by atoms with Gasteiger partial charge in [0, 0.05) is 6.20 Å². The Labute approximate surface area is 46.1 Å². The van der Waals surface area contributed by atoms with Gasteiger partial charge in [-0.15, -0.1) is 5.10 Å². The molecule has 1 heterocycles. The maximum Gasteiger partial charge on any atom is 0.113 e. The topological polar surface area (TPSA) is 93.6 Å². The van der Waals surface area contributed by atoms with Gasteiger partial charge in [-0.1, -0.05) is 5.21 Å². The molecule has 0 fully saturated rings. The molecule has 0 unspecified atom stereocenters. The largest absolute Gasteiger partial charge is 0.311 e. The highest BCUT2D eigenvalue weighted by molar-refractivity contribution is 4.94. The average molecular weight is 113 g/mol. The SMILES string of the molecule is NC(N)c1c[nH]nn1. The van der Waals surface area contributed by atoms with E-state index in [4.69, 9.17) is 11.5 Å². The molecule has 0 saturated heterocycles. The predicted molar refractivity (Wildman–Crippen MR) is 27.5 cm³/mol. The molecule has 1 aromatic heterocycles. The number of nitrogens with two attached hydrogens (primary N) is 2. The molecular formula is C3H7N5. The zero-order valence-corrected chi connectivity index (χ0v) is 4.20. The molecule has 0 atom stereocenters. The number of H-pyrrole nitrogens is 1. The molecule has 0 aromatic carbocycles. The van der Waals surface area contributed by atoms with Crippen molar-refractivity contribution >= 4 is 0 Å². The van der Waals surface area contributed by atoms with Crippen LogP contribution in [0.2, 0.25) is 0 Å². The van der Waals surface area contributed by atoms with E-state index in [1.807, 2.05) is 0 Å². The van der Waals surface area contributed by atoms with Crippen molar-refractivity contribution in [2.75, 3.05) is 0 Å². The lowest BCUT2D eigenvalue weighted by Gasteiger charge is -1.94. The number of nitrogens with zero attached hydrogens (tertiary/aromatic N) is 2. The smallest absolute Gasteiger partial charge is 0.113 e. The number of hydrogen-bond acceptors (Lipinski definition) is 4. The lowest BCUT2D eigenvalue weighted by Crippen LogP contribution is -2.20. The van der Waals surface area contributed by atoms with Crippen LogP contribution in [-0.4, -0.2) is 15.4 Å². The third kappa shape index (κ3) is 0.824. The fourth-order valence-corrected chi connectivity index (χ4v) is 0.373. The summed E-state index contributed by atoms with van der Waals surface area (Å²) in [5.74, 6) is 0. The minimum Gasteiger partial charge on any atom is -0.311 e. The van der Waals surface area contributed by atoms with Crippen LogP contribution < -0.4 is 11.5 Å². The van der Waals surface area contributed by atoms with Gasteiger partial charge in [0.1, 0.15) is 5.69 Å². The number of hydrogen-bond donors (Lipinski definition) is 3. The summed E-state index contributed by atoms with van der Waals surface area (Å²) in [4.78, 5) is 0. The summed E-state index contributed by atoms with van der Waals surface area (Å²) in [6.07, 6.45) is 1.04. The van der Waals surface area contributed by atoms with E-state index in [9.17, 15) is 0 Å². The first-order valence-corrected chi connectivity index (χ1v) is 2.18. The second kappa shape index (κ2) is 1.89. The summed E-state index contributed by atoms with van der Waals surface area (Å²) in [5, 5.41) is 9.46. The van der Waals surface area contributed by atoms with Crippen LogP contribution in [0.15, 0.2) is 6.20 Å². The van der Waals surface area contributed by atoms with Crippen LogP contribution in [0, 0.1) is 0 Å². The van der Waals surface area contributed by atoms with E-state index in [1.54, 1.807) is 6.20 Å². The van der Waals surface area contributed by atoms with Gasteiger partial charge in [-0.2, -0.15) is 0 Å². The Morgan fingerprint density at radius 1 is 1.62 bits per heavy atom. The highest BCUT2D eigenvalue weighted by Crippen LogP contribution is 1.92. The Balaban J connectivity index is 2.77. The Morgan fingerprint density at radius 3 is 2.62 bits per heavy atom. The van der Waals surface area contributed by atoms with Crippen molar-refractivity contribution in [3.8, 4) is 0 Å². The van der Waals surface area contributed by atoms with Crippen molar-refractivity contribution in [1.29, 1.82) is 0 Å². The van der Waals surface area contributed by atoms with Crippen LogP contribution in [0.1, 0.15) is 11.9 Å². The molecule has 0 saturated carbocycles. The van der Waals surface area contributed by atoms with E-state index in [0.29, 0.717) is 5.69 Å². The predicted octanol–water partition coefficient (Wildman–Crippen LogP) is -1.28. The number of nitrogens with one attached hydrogen (secondary N) is 1. The molecule has 1 aromatic rings. The minimum atomic E-state index is -0.520. The second-order valence-corrected chi connectivity index (χ2v) is 1.42. The van der Waals surface area contributed by atoms with Crippen LogP contribution in [0.4, 0.5) is 0 Å². The molecule has 0 spiro atoms. The van der Waals surface area contributed by atoms with Crippen molar-refractivity contribution in [2.45, 2.75) is 6.17 Å². The summed E-state index contributed by atoms with van der Waals surface area (Å²) < 4.78 is 0. The van der Waals surface area contributed by atoms with E-state index < -0.39 is 6.17 Å². The molecule has 0 aliphatic heterocycles. The Kier molecular flexibility index (Phi) is 1.23. The summed E-state index contributed by atoms with van der Waals surface area (Å²) in [6, 6.07) is 0. The van der Waals surface area contributed by atoms with Crippen LogP contribution in [0.25, 0.3) is 0 Å². The van der Waals surface area contributed by atoms with Crippen molar-refractivity contribution < 1.29 is 0 Å². The molecule has 0 aliphatic rings. The normalized spacial score (nSPS) is 10.4. The number of aromatic nitrogens is 3. The van der Waals surface area contributed by atoms with E-state index in [2.05, 4.69) is 15.4 Å². The Bertz CT molecular complexity index is 143. The molecule has 0 aliphatic carbocycles. The first-order valence-electron chi connectivity index (χ1n) is 2.18. The first-order chi connectivity index (χ1) is 3.80. The van der Waals surface area contributed by atoms with Crippen molar-refractivity contribution in [1.82, 2.24) is 15.4 Å². The lowest BCUT2D eigenvalue weighted by molar-refractivity contribution is 0.733. The van der Waals surface area contributed by atoms with Gasteiger partial charge in [0.2, 0.25) is 0 Å². The molecule has 0 radical (unpaired) electrons. The molecule has 1 rings (SSSR count). The first kappa shape index (κ1) is 5.20. The van der Waals surface area contributed by atoms with Gasteiger partial charge in [0.05, 0.1) is 6.17 Å². The highest BCUT2D eigenvalue weighted by Gasteiger charge is 1.99.